The Morgan fingerprint density at radius 2 is 0.925 bits per heavy atom. The lowest BCUT2D eigenvalue weighted by atomic mass is 9.73. The summed E-state index contributed by atoms with van der Waals surface area (Å²) in [4.78, 5) is 0. The Kier molecular flexibility index (Phi) is 6.93. The van der Waals surface area contributed by atoms with Crippen LogP contribution in [-0.4, -0.2) is 33.7 Å². The third kappa shape index (κ3) is 3.98. The standard InChI is InChI=1S/C38H46N2/c1-7-39-27(3)37(5,35-31-19-13-11-17-29(31)21-23-33(35)39)25-15-9-10-16-26-38(6)28(4)40(8-2)34-24-22-30-18-12-14-20-32(30)36(34)38/h11-14,17-24H,7-10,15-16,25-26H2,1-6H3/q+2. The van der Waals surface area contributed by atoms with Crippen LogP contribution in [0.3, 0.4) is 0 Å². The van der Waals surface area contributed by atoms with Gasteiger partial charge in [0.25, 0.3) is 0 Å². The highest BCUT2D eigenvalue weighted by Crippen LogP contribution is 2.48. The third-order valence-corrected chi connectivity index (χ3v) is 10.6. The van der Waals surface area contributed by atoms with Gasteiger partial charge in [-0.2, -0.15) is 9.15 Å². The molecule has 206 valence electrons. The number of hydrogen-bond donors (Lipinski definition) is 0. The quantitative estimate of drug-likeness (QED) is 0.150. The molecule has 0 saturated heterocycles. The molecular weight excluding hydrogens is 484 g/mol. The van der Waals surface area contributed by atoms with E-state index in [-0.39, 0.29) is 10.8 Å². The van der Waals surface area contributed by atoms with E-state index in [1.165, 1.54) is 82.9 Å². The Bertz CT molecular complexity index is 1550. The second-order valence-corrected chi connectivity index (χ2v) is 12.6. The van der Waals surface area contributed by atoms with E-state index in [1.54, 1.807) is 11.1 Å². The van der Waals surface area contributed by atoms with Gasteiger partial charge in [0.05, 0.1) is 10.8 Å². The van der Waals surface area contributed by atoms with Gasteiger partial charge in [-0.05, 0) is 74.2 Å². The first-order valence-corrected chi connectivity index (χ1v) is 15.6. The van der Waals surface area contributed by atoms with Crippen molar-refractivity contribution >= 4 is 44.3 Å². The van der Waals surface area contributed by atoms with Crippen molar-refractivity contribution < 1.29 is 9.15 Å². The van der Waals surface area contributed by atoms with E-state index in [2.05, 4.69) is 123 Å². The molecule has 0 saturated carbocycles. The van der Waals surface area contributed by atoms with Crippen LogP contribution in [0.1, 0.15) is 91.2 Å². The first-order valence-electron chi connectivity index (χ1n) is 15.6. The smallest absolute Gasteiger partial charge is 0.199 e. The minimum absolute atomic E-state index is 0.105. The van der Waals surface area contributed by atoms with Crippen LogP contribution in [0.15, 0.2) is 72.8 Å². The third-order valence-electron chi connectivity index (χ3n) is 10.6. The Balaban J connectivity index is 1.17. The van der Waals surface area contributed by atoms with Gasteiger partial charge in [-0.1, -0.05) is 74.2 Å². The summed E-state index contributed by atoms with van der Waals surface area (Å²) in [7, 11) is 0. The van der Waals surface area contributed by atoms with E-state index in [4.69, 9.17) is 0 Å². The fraction of sp³-hybridized carbons (Fsp3) is 0.421. The highest BCUT2D eigenvalue weighted by atomic mass is 15.1. The number of fused-ring (bicyclic) bond motifs is 6. The van der Waals surface area contributed by atoms with Gasteiger partial charge in [0.1, 0.15) is 13.1 Å². The molecule has 2 heterocycles. The fourth-order valence-electron chi connectivity index (χ4n) is 8.19. The summed E-state index contributed by atoms with van der Waals surface area (Å²) >= 11 is 0. The summed E-state index contributed by atoms with van der Waals surface area (Å²) in [5.41, 5.74) is 9.21. The monoisotopic (exact) mass is 530 g/mol. The zero-order valence-electron chi connectivity index (χ0n) is 25.5. The van der Waals surface area contributed by atoms with Crippen molar-refractivity contribution in [3.8, 4) is 0 Å². The zero-order chi connectivity index (χ0) is 28.1. The molecule has 0 aromatic heterocycles. The summed E-state index contributed by atoms with van der Waals surface area (Å²) < 4.78 is 5.12. The maximum Gasteiger partial charge on any atom is 0.210 e. The number of rotatable bonds is 9. The molecule has 2 aliphatic rings. The summed E-state index contributed by atoms with van der Waals surface area (Å²) in [6.07, 6.45) is 7.57. The molecule has 40 heavy (non-hydrogen) atoms. The highest BCUT2D eigenvalue weighted by Gasteiger charge is 2.48. The van der Waals surface area contributed by atoms with Crippen LogP contribution in [-0.2, 0) is 10.8 Å². The molecule has 4 aromatic carbocycles. The SMILES string of the molecule is CC[N+]1=C(C)C(C)(CCCCCCC2(C)C(C)=[N+](CC)c3ccc4ccccc4c32)c2c1ccc1ccccc21. The van der Waals surface area contributed by atoms with E-state index in [9.17, 15) is 0 Å². The van der Waals surface area contributed by atoms with Crippen LogP contribution in [0, 0.1) is 0 Å². The average Bonchev–Trinajstić information content (AvgIpc) is 3.34. The predicted octanol–water partition coefficient (Wildman–Crippen LogP) is 9.83. The van der Waals surface area contributed by atoms with Crippen LogP contribution in [0.5, 0.6) is 0 Å². The van der Waals surface area contributed by atoms with Crippen molar-refractivity contribution in [1.82, 2.24) is 0 Å². The average molecular weight is 531 g/mol. The summed E-state index contributed by atoms with van der Waals surface area (Å²) in [5.74, 6) is 0. The second kappa shape index (κ2) is 10.3. The van der Waals surface area contributed by atoms with Crippen LogP contribution in [0.4, 0.5) is 11.4 Å². The number of nitrogens with zero attached hydrogens (tertiary/aromatic N) is 2. The van der Waals surface area contributed by atoms with Crippen LogP contribution >= 0.6 is 0 Å². The second-order valence-electron chi connectivity index (χ2n) is 12.6. The van der Waals surface area contributed by atoms with Crippen molar-refractivity contribution in [1.29, 1.82) is 0 Å². The van der Waals surface area contributed by atoms with E-state index in [1.807, 2.05) is 0 Å². The number of benzene rings is 4. The minimum Gasteiger partial charge on any atom is -0.199 e. The molecule has 0 radical (unpaired) electrons. The van der Waals surface area contributed by atoms with Crippen molar-refractivity contribution in [3.63, 3.8) is 0 Å². The Hall–Kier alpha value is -3.26. The van der Waals surface area contributed by atoms with Crippen molar-refractivity contribution in [2.45, 2.75) is 90.9 Å². The van der Waals surface area contributed by atoms with Crippen LogP contribution in [0.25, 0.3) is 21.5 Å². The van der Waals surface area contributed by atoms with E-state index >= 15 is 0 Å². The minimum atomic E-state index is 0.105. The van der Waals surface area contributed by atoms with Gasteiger partial charge in [0.2, 0.25) is 11.4 Å². The van der Waals surface area contributed by atoms with Crippen LogP contribution in [0.2, 0.25) is 0 Å². The number of unbranched alkanes of at least 4 members (excludes halogenated alkanes) is 3. The highest BCUT2D eigenvalue weighted by molar-refractivity contribution is 6.03. The van der Waals surface area contributed by atoms with Crippen LogP contribution < -0.4 is 0 Å². The molecule has 0 aliphatic carbocycles. The summed E-state index contributed by atoms with van der Waals surface area (Å²) in [6.45, 7) is 16.4. The zero-order valence-corrected chi connectivity index (χ0v) is 25.5. The fourth-order valence-corrected chi connectivity index (χ4v) is 8.19. The van der Waals surface area contributed by atoms with Gasteiger partial charge in [-0.15, -0.1) is 0 Å². The molecule has 2 heteroatoms. The first kappa shape index (κ1) is 26.9. The lowest BCUT2D eigenvalue weighted by molar-refractivity contribution is -0.434. The molecule has 4 aromatic rings. The summed E-state index contributed by atoms with van der Waals surface area (Å²) in [6, 6.07) is 27.3. The lowest BCUT2D eigenvalue weighted by Crippen LogP contribution is -2.31. The Morgan fingerprint density at radius 1 is 0.525 bits per heavy atom. The van der Waals surface area contributed by atoms with Crippen molar-refractivity contribution in [3.05, 3.63) is 83.9 Å². The molecule has 2 aliphatic heterocycles. The molecule has 0 fully saturated rings. The molecule has 0 amide bonds. The van der Waals surface area contributed by atoms with Gasteiger partial charge in [0, 0.05) is 37.1 Å². The Morgan fingerprint density at radius 3 is 1.32 bits per heavy atom. The van der Waals surface area contributed by atoms with Gasteiger partial charge < -0.3 is 0 Å². The lowest BCUT2D eigenvalue weighted by Gasteiger charge is -2.25. The Labute approximate surface area is 241 Å². The number of hydrogen-bond acceptors (Lipinski definition) is 0. The summed E-state index contributed by atoms with van der Waals surface area (Å²) in [5, 5.41) is 5.60. The molecule has 0 bridgehead atoms. The molecule has 2 nitrogen and oxygen atoms in total. The molecule has 2 atom stereocenters. The van der Waals surface area contributed by atoms with Crippen molar-refractivity contribution in [2.75, 3.05) is 13.1 Å². The maximum absolute atomic E-state index is 2.56. The molecule has 0 spiro atoms. The molecule has 2 unspecified atom stereocenters. The maximum atomic E-state index is 2.56. The normalized spacial score (nSPS) is 22.1. The van der Waals surface area contributed by atoms with E-state index in [0.29, 0.717) is 0 Å². The molecule has 0 N–H and O–H groups in total. The topological polar surface area (TPSA) is 6.02 Å². The predicted molar refractivity (Wildman–Crippen MR) is 173 cm³/mol. The van der Waals surface area contributed by atoms with Gasteiger partial charge >= 0.3 is 0 Å². The van der Waals surface area contributed by atoms with E-state index in [0.717, 1.165) is 13.1 Å². The van der Waals surface area contributed by atoms with Gasteiger partial charge in [-0.25, -0.2) is 0 Å². The molecular formula is C38H46N2+2. The first-order chi connectivity index (χ1) is 19.3. The molecule has 6 rings (SSSR count). The van der Waals surface area contributed by atoms with Gasteiger partial charge in [-0.3, -0.25) is 0 Å². The van der Waals surface area contributed by atoms with Gasteiger partial charge in [0.15, 0.2) is 11.4 Å². The van der Waals surface area contributed by atoms with E-state index < -0.39 is 0 Å². The largest absolute Gasteiger partial charge is 0.210 e. The van der Waals surface area contributed by atoms with Crippen molar-refractivity contribution in [2.24, 2.45) is 0 Å².